The van der Waals surface area contributed by atoms with Gasteiger partial charge in [0.1, 0.15) is 10.7 Å². The van der Waals surface area contributed by atoms with Gasteiger partial charge in [0.2, 0.25) is 0 Å². The number of nitrogens with two attached hydrogens (primary N) is 1. The summed E-state index contributed by atoms with van der Waals surface area (Å²) in [5, 5.41) is 3.18. The molecule has 0 radical (unpaired) electrons. The van der Waals surface area contributed by atoms with Crippen LogP contribution in [0.3, 0.4) is 0 Å². The third-order valence-corrected chi connectivity index (χ3v) is 4.14. The quantitative estimate of drug-likeness (QED) is 0.823. The minimum Gasteiger partial charge on any atom is -0.397 e. The summed E-state index contributed by atoms with van der Waals surface area (Å²) >= 11 is 1.23. The molecule has 3 nitrogen and oxygen atoms in total. The fourth-order valence-corrected chi connectivity index (χ4v) is 3.01. The van der Waals surface area contributed by atoms with Gasteiger partial charge in [-0.25, -0.2) is 4.39 Å². The number of anilines is 1. The van der Waals surface area contributed by atoms with Crippen molar-refractivity contribution < 1.29 is 9.18 Å². The van der Waals surface area contributed by atoms with Gasteiger partial charge >= 0.3 is 0 Å². The molecule has 0 saturated heterocycles. The maximum absolute atomic E-state index is 13.7. The SMILES string of the molecule is CCCCCNC(=O)c1sc2cccc(F)c2c1N. The minimum absolute atomic E-state index is 0.214. The highest BCUT2D eigenvalue weighted by Gasteiger charge is 2.18. The maximum Gasteiger partial charge on any atom is 0.263 e. The fourth-order valence-electron chi connectivity index (χ4n) is 1.96. The first-order chi connectivity index (χ1) is 9.15. The Morgan fingerprint density at radius 3 is 2.89 bits per heavy atom. The Kier molecular flexibility index (Phi) is 4.37. The van der Waals surface area contributed by atoms with E-state index in [0.29, 0.717) is 21.5 Å². The molecule has 0 aliphatic carbocycles. The van der Waals surface area contributed by atoms with Crippen LogP contribution in [0.1, 0.15) is 35.9 Å². The number of fused-ring (bicyclic) bond motifs is 1. The van der Waals surface area contributed by atoms with Crippen LogP contribution in [0.4, 0.5) is 10.1 Å². The molecule has 102 valence electrons. The molecule has 0 fully saturated rings. The van der Waals surface area contributed by atoms with Crippen molar-refractivity contribution in [2.45, 2.75) is 26.2 Å². The van der Waals surface area contributed by atoms with Crippen LogP contribution in [0.15, 0.2) is 18.2 Å². The van der Waals surface area contributed by atoms with Gasteiger partial charge in [-0.1, -0.05) is 25.8 Å². The summed E-state index contributed by atoms with van der Waals surface area (Å²) in [7, 11) is 0. The summed E-state index contributed by atoms with van der Waals surface area (Å²) in [4.78, 5) is 12.4. The first-order valence-corrected chi connectivity index (χ1v) is 7.21. The highest BCUT2D eigenvalue weighted by Crippen LogP contribution is 2.35. The number of hydrogen-bond donors (Lipinski definition) is 2. The van der Waals surface area contributed by atoms with Crippen LogP contribution in [-0.2, 0) is 0 Å². The third-order valence-electron chi connectivity index (χ3n) is 2.97. The largest absolute Gasteiger partial charge is 0.397 e. The highest BCUT2D eigenvalue weighted by molar-refractivity contribution is 7.21. The van der Waals surface area contributed by atoms with Gasteiger partial charge < -0.3 is 11.1 Å². The van der Waals surface area contributed by atoms with Gasteiger partial charge in [0.05, 0.1) is 11.1 Å². The number of nitrogen functional groups attached to an aromatic ring is 1. The lowest BCUT2D eigenvalue weighted by atomic mass is 10.2. The number of benzene rings is 1. The van der Waals surface area contributed by atoms with E-state index in [-0.39, 0.29) is 17.4 Å². The van der Waals surface area contributed by atoms with Crippen LogP contribution in [0.2, 0.25) is 0 Å². The van der Waals surface area contributed by atoms with E-state index in [1.165, 1.54) is 17.4 Å². The summed E-state index contributed by atoms with van der Waals surface area (Å²) in [6.07, 6.45) is 3.13. The molecule has 2 aromatic rings. The predicted molar refractivity (Wildman–Crippen MR) is 78.1 cm³/mol. The van der Waals surface area contributed by atoms with Gasteiger partial charge in [-0.15, -0.1) is 11.3 Å². The molecule has 19 heavy (non-hydrogen) atoms. The van der Waals surface area contributed by atoms with Crippen molar-refractivity contribution in [3.8, 4) is 0 Å². The Hall–Kier alpha value is -1.62. The Balaban J connectivity index is 2.18. The molecule has 1 amide bonds. The number of thiophene rings is 1. The van der Waals surface area contributed by atoms with Crippen LogP contribution in [-0.4, -0.2) is 12.5 Å². The lowest BCUT2D eigenvalue weighted by Gasteiger charge is -2.03. The van der Waals surface area contributed by atoms with Gasteiger partial charge in [0.15, 0.2) is 0 Å². The number of amides is 1. The molecule has 2 rings (SSSR count). The Morgan fingerprint density at radius 2 is 2.21 bits per heavy atom. The first kappa shape index (κ1) is 13.8. The molecule has 1 heterocycles. The fraction of sp³-hybridized carbons (Fsp3) is 0.357. The number of rotatable bonds is 5. The van der Waals surface area contributed by atoms with E-state index < -0.39 is 0 Å². The van der Waals surface area contributed by atoms with E-state index >= 15 is 0 Å². The lowest BCUT2D eigenvalue weighted by Crippen LogP contribution is -2.24. The van der Waals surface area contributed by atoms with E-state index in [0.717, 1.165) is 19.3 Å². The van der Waals surface area contributed by atoms with Gasteiger partial charge in [0, 0.05) is 11.2 Å². The smallest absolute Gasteiger partial charge is 0.263 e. The Bertz CT molecular complexity index is 594. The zero-order valence-electron chi connectivity index (χ0n) is 10.8. The highest BCUT2D eigenvalue weighted by atomic mass is 32.1. The zero-order valence-corrected chi connectivity index (χ0v) is 11.6. The maximum atomic E-state index is 13.7. The van der Waals surface area contributed by atoms with Crippen molar-refractivity contribution in [3.05, 3.63) is 28.9 Å². The molecule has 0 spiro atoms. The molecule has 5 heteroatoms. The van der Waals surface area contributed by atoms with Crippen molar-refractivity contribution in [2.75, 3.05) is 12.3 Å². The van der Waals surface area contributed by atoms with Crippen molar-refractivity contribution >= 4 is 33.0 Å². The number of carbonyl (C=O) groups excluding carboxylic acids is 1. The number of carbonyl (C=O) groups is 1. The third kappa shape index (κ3) is 2.87. The van der Waals surface area contributed by atoms with E-state index in [9.17, 15) is 9.18 Å². The number of halogens is 1. The predicted octanol–water partition coefficient (Wildman–Crippen LogP) is 3.54. The monoisotopic (exact) mass is 280 g/mol. The second kappa shape index (κ2) is 6.02. The van der Waals surface area contributed by atoms with Crippen LogP contribution in [0, 0.1) is 5.82 Å². The van der Waals surface area contributed by atoms with Crippen molar-refractivity contribution in [1.29, 1.82) is 0 Å². The summed E-state index contributed by atoms with van der Waals surface area (Å²) < 4.78 is 14.4. The topological polar surface area (TPSA) is 55.1 Å². The summed E-state index contributed by atoms with van der Waals surface area (Å²) in [6, 6.07) is 4.75. The van der Waals surface area contributed by atoms with Gasteiger partial charge in [-0.05, 0) is 18.6 Å². The van der Waals surface area contributed by atoms with E-state index in [1.54, 1.807) is 12.1 Å². The van der Waals surface area contributed by atoms with Crippen molar-refractivity contribution in [1.82, 2.24) is 5.32 Å². The van der Waals surface area contributed by atoms with Crippen LogP contribution < -0.4 is 11.1 Å². The molecule has 0 bridgehead atoms. The average molecular weight is 280 g/mol. The van der Waals surface area contributed by atoms with Crippen LogP contribution >= 0.6 is 11.3 Å². The van der Waals surface area contributed by atoms with Gasteiger partial charge in [-0.3, -0.25) is 4.79 Å². The molecular weight excluding hydrogens is 263 g/mol. The molecular formula is C14H17FN2OS. The van der Waals surface area contributed by atoms with Gasteiger partial charge in [-0.2, -0.15) is 0 Å². The number of unbranched alkanes of at least 4 members (excludes halogenated alkanes) is 2. The lowest BCUT2D eigenvalue weighted by molar-refractivity contribution is 0.0958. The molecule has 0 atom stereocenters. The summed E-state index contributed by atoms with van der Waals surface area (Å²) in [5.74, 6) is -0.592. The van der Waals surface area contributed by atoms with Crippen molar-refractivity contribution in [2.24, 2.45) is 0 Å². The second-order valence-corrected chi connectivity index (χ2v) is 5.47. The Labute approximate surface area is 115 Å². The molecule has 1 aromatic heterocycles. The molecule has 0 saturated carbocycles. The van der Waals surface area contributed by atoms with Gasteiger partial charge in [0.25, 0.3) is 5.91 Å². The van der Waals surface area contributed by atoms with Crippen LogP contribution in [0.5, 0.6) is 0 Å². The minimum atomic E-state index is -0.378. The van der Waals surface area contributed by atoms with E-state index in [1.807, 2.05) is 0 Å². The summed E-state index contributed by atoms with van der Waals surface area (Å²) in [6.45, 7) is 2.73. The second-order valence-electron chi connectivity index (χ2n) is 4.42. The van der Waals surface area contributed by atoms with E-state index in [4.69, 9.17) is 5.73 Å². The molecule has 1 aromatic carbocycles. The number of hydrogen-bond acceptors (Lipinski definition) is 3. The summed E-state index contributed by atoms with van der Waals surface area (Å²) in [5.41, 5.74) is 6.12. The van der Waals surface area contributed by atoms with Crippen molar-refractivity contribution in [3.63, 3.8) is 0 Å². The molecule has 3 N–H and O–H groups in total. The first-order valence-electron chi connectivity index (χ1n) is 6.39. The molecule has 0 unspecified atom stereocenters. The van der Waals surface area contributed by atoms with E-state index in [2.05, 4.69) is 12.2 Å². The van der Waals surface area contributed by atoms with Crippen LogP contribution in [0.25, 0.3) is 10.1 Å². The molecule has 0 aliphatic heterocycles. The zero-order chi connectivity index (χ0) is 13.8. The molecule has 0 aliphatic rings. The standard InChI is InChI=1S/C14H17FN2OS/c1-2-3-4-8-17-14(18)13-12(16)11-9(15)6-5-7-10(11)19-13/h5-7H,2-4,8,16H2,1H3,(H,17,18). The Morgan fingerprint density at radius 1 is 1.42 bits per heavy atom. The number of nitrogens with one attached hydrogen (secondary N) is 1. The average Bonchev–Trinajstić information content (AvgIpc) is 2.73. The normalized spacial score (nSPS) is 10.8.